The molecule has 2 amide bonds. The summed E-state index contributed by atoms with van der Waals surface area (Å²) in [6.07, 6.45) is 0.881. The smallest absolute Gasteiger partial charge is 0.333 e. The van der Waals surface area contributed by atoms with Gasteiger partial charge in [0.25, 0.3) is 0 Å². The van der Waals surface area contributed by atoms with Crippen LogP contribution in [0.1, 0.15) is 36.5 Å². The van der Waals surface area contributed by atoms with Gasteiger partial charge in [-0.1, -0.05) is 42.0 Å². The van der Waals surface area contributed by atoms with Gasteiger partial charge in [-0.3, -0.25) is 0 Å². The van der Waals surface area contributed by atoms with E-state index in [0.717, 1.165) is 35.2 Å². The Kier molecular flexibility index (Phi) is 13.1. The number of carbonyl (C=O) groups excluding carboxylic acids is 1. The molecule has 0 fully saturated rings. The lowest BCUT2D eigenvalue weighted by molar-refractivity contribution is -0.149. The third kappa shape index (κ3) is 11.6. The average molecular weight is 567 g/mol. The molecule has 0 aliphatic heterocycles. The molecule has 0 aliphatic rings. The molecule has 41 heavy (non-hydrogen) atoms. The van der Waals surface area contributed by atoms with Crippen molar-refractivity contribution in [2.75, 3.05) is 38.2 Å². The van der Waals surface area contributed by atoms with Gasteiger partial charge in [-0.05, 0) is 74.2 Å². The van der Waals surface area contributed by atoms with E-state index in [9.17, 15) is 19.1 Å². The Balaban J connectivity index is 1.48. The Morgan fingerprint density at radius 1 is 0.902 bits per heavy atom. The Hall–Kier alpha value is -3.95. The summed E-state index contributed by atoms with van der Waals surface area (Å²) in [5, 5.41) is 12.2. The van der Waals surface area contributed by atoms with Crippen LogP contribution in [0.2, 0.25) is 0 Å². The van der Waals surface area contributed by atoms with Gasteiger partial charge in [0, 0.05) is 31.9 Å². The van der Waals surface area contributed by atoms with Gasteiger partial charge in [0.05, 0.1) is 13.2 Å². The van der Waals surface area contributed by atoms with Gasteiger partial charge in [0.2, 0.25) is 0 Å². The van der Waals surface area contributed by atoms with E-state index in [1.807, 2.05) is 43.3 Å². The standard InChI is InChI=1S/C32H39FN2O6/c1-3-40-30(31(36)37)22-25-10-16-29(17-11-25)41-21-19-35(32(38)34-28-14-6-24(2)7-15-28)18-4-5-20-39-23-26-8-12-27(33)13-9-26/h6-17,30H,3-5,18-23H2,1-2H3,(H,34,38)(H,36,37). The van der Waals surface area contributed by atoms with Crippen molar-refractivity contribution in [1.29, 1.82) is 0 Å². The zero-order valence-electron chi connectivity index (χ0n) is 23.7. The summed E-state index contributed by atoms with van der Waals surface area (Å²) in [6.45, 7) is 6.21. The number of rotatable bonds is 17. The van der Waals surface area contributed by atoms with Crippen LogP contribution in [0.5, 0.6) is 5.75 Å². The highest BCUT2D eigenvalue weighted by Gasteiger charge is 2.18. The van der Waals surface area contributed by atoms with Crippen molar-refractivity contribution >= 4 is 17.7 Å². The lowest BCUT2D eigenvalue weighted by atomic mass is 10.1. The summed E-state index contributed by atoms with van der Waals surface area (Å²) < 4.78 is 29.9. The van der Waals surface area contributed by atoms with Gasteiger partial charge in [0.1, 0.15) is 18.2 Å². The molecular formula is C32H39FN2O6. The van der Waals surface area contributed by atoms with Crippen molar-refractivity contribution in [2.24, 2.45) is 0 Å². The van der Waals surface area contributed by atoms with Crippen molar-refractivity contribution in [3.8, 4) is 5.75 Å². The molecule has 0 aliphatic carbocycles. The van der Waals surface area contributed by atoms with E-state index < -0.39 is 12.1 Å². The minimum absolute atomic E-state index is 0.212. The van der Waals surface area contributed by atoms with Gasteiger partial charge in [-0.15, -0.1) is 0 Å². The molecule has 2 N–H and O–H groups in total. The molecule has 220 valence electrons. The molecule has 3 aromatic rings. The zero-order valence-corrected chi connectivity index (χ0v) is 23.7. The Bertz CT molecular complexity index is 1200. The van der Waals surface area contributed by atoms with Gasteiger partial charge in [0.15, 0.2) is 6.10 Å². The Labute approximate surface area is 241 Å². The monoisotopic (exact) mass is 566 g/mol. The molecule has 8 nitrogen and oxygen atoms in total. The van der Waals surface area contributed by atoms with E-state index in [0.29, 0.717) is 45.3 Å². The summed E-state index contributed by atoms with van der Waals surface area (Å²) in [5.74, 6) is -0.633. The molecule has 1 atom stereocenters. The minimum atomic E-state index is -0.990. The molecule has 9 heteroatoms. The Morgan fingerprint density at radius 3 is 2.24 bits per heavy atom. The first-order valence-electron chi connectivity index (χ1n) is 13.8. The first kappa shape index (κ1) is 31.6. The molecule has 0 aromatic heterocycles. The zero-order chi connectivity index (χ0) is 29.5. The van der Waals surface area contributed by atoms with E-state index in [2.05, 4.69) is 5.32 Å². The number of aryl methyl sites for hydroxylation is 1. The van der Waals surface area contributed by atoms with Crippen molar-refractivity contribution in [3.63, 3.8) is 0 Å². The third-order valence-electron chi connectivity index (χ3n) is 6.36. The molecular weight excluding hydrogens is 527 g/mol. The highest BCUT2D eigenvalue weighted by Crippen LogP contribution is 2.15. The molecule has 0 bridgehead atoms. The van der Waals surface area contributed by atoms with E-state index in [4.69, 9.17) is 14.2 Å². The minimum Gasteiger partial charge on any atom is -0.492 e. The van der Waals surface area contributed by atoms with Gasteiger partial charge >= 0.3 is 12.0 Å². The van der Waals surface area contributed by atoms with Crippen molar-refractivity contribution in [3.05, 3.63) is 95.3 Å². The SMILES string of the molecule is CCOC(Cc1ccc(OCCN(CCCCOCc2ccc(F)cc2)C(=O)Nc2ccc(C)cc2)cc1)C(=O)O. The number of nitrogens with zero attached hydrogens (tertiary/aromatic N) is 1. The molecule has 3 aromatic carbocycles. The van der Waals surface area contributed by atoms with Gasteiger partial charge < -0.3 is 29.5 Å². The topological polar surface area (TPSA) is 97.3 Å². The molecule has 0 radical (unpaired) electrons. The molecule has 1 unspecified atom stereocenters. The number of benzene rings is 3. The summed E-state index contributed by atoms with van der Waals surface area (Å²) in [5.41, 5.74) is 3.57. The summed E-state index contributed by atoms with van der Waals surface area (Å²) >= 11 is 0. The van der Waals surface area contributed by atoms with Crippen LogP contribution in [0.4, 0.5) is 14.9 Å². The largest absolute Gasteiger partial charge is 0.492 e. The quantitative estimate of drug-likeness (QED) is 0.192. The second-order valence-corrected chi connectivity index (χ2v) is 9.65. The number of anilines is 1. The van der Waals surface area contributed by atoms with Crippen molar-refractivity contribution < 1.29 is 33.3 Å². The lowest BCUT2D eigenvalue weighted by Gasteiger charge is -2.23. The third-order valence-corrected chi connectivity index (χ3v) is 6.36. The van der Waals surface area contributed by atoms with Crippen LogP contribution in [-0.4, -0.2) is 61.0 Å². The number of urea groups is 1. The molecule has 0 saturated carbocycles. The normalized spacial score (nSPS) is 11.6. The maximum absolute atomic E-state index is 13.1. The second-order valence-electron chi connectivity index (χ2n) is 9.65. The fraction of sp³-hybridized carbons (Fsp3) is 0.375. The lowest BCUT2D eigenvalue weighted by Crippen LogP contribution is -2.38. The van der Waals surface area contributed by atoms with Crippen molar-refractivity contribution in [2.45, 2.75) is 45.8 Å². The van der Waals surface area contributed by atoms with E-state index in [1.54, 1.807) is 36.1 Å². The number of unbranched alkanes of at least 4 members (excludes halogenated alkanes) is 1. The first-order valence-corrected chi connectivity index (χ1v) is 13.8. The highest BCUT2D eigenvalue weighted by molar-refractivity contribution is 5.89. The van der Waals surface area contributed by atoms with E-state index in [-0.39, 0.29) is 18.3 Å². The average Bonchev–Trinajstić information content (AvgIpc) is 2.96. The number of nitrogens with one attached hydrogen (secondary N) is 1. The number of carbonyl (C=O) groups is 2. The van der Waals surface area contributed by atoms with Gasteiger partial charge in [-0.25, -0.2) is 14.0 Å². The molecule has 0 heterocycles. The van der Waals surface area contributed by atoms with Crippen molar-refractivity contribution in [1.82, 2.24) is 4.90 Å². The predicted molar refractivity (Wildman–Crippen MR) is 156 cm³/mol. The predicted octanol–water partition coefficient (Wildman–Crippen LogP) is 6.08. The number of carboxylic acid groups (broad SMARTS) is 1. The molecule has 0 spiro atoms. The van der Waals surface area contributed by atoms with Crippen LogP contribution >= 0.6 is 0 Å². The first-order chi connectivity index (χ1) is 19.8. The van der Waals surface area contributed by atoms with Crippen LogP contribution in [0.25, 0.3) is 0 Å². The van der Waals surface area contributed by atoms with Crippen LogP contribution in [-0.2, 0) is 27.3 Å². The summed E-state index contributed by atoms with van der Waals surface area (Å²) in [6, 6.07) is 20.9. The summed E-state index contributed by atoms with van der Waals surface area (Å²) in [4.78, 5) is 26.1. The number of hydrogen-bond donors (Lipinski definition) is 2. The highest BCUT2D eigenvalue weighted by atomic mass is 19.1. The Morgan fingerprint density at radius 2 is 1.59 bits per heavy atom. The van der Waals surface area contributed by atoms with E-state index in [1.165, 1.54) is 12.1 Å². The van der Waals surface area contributed by atoms with Gasteiger partial charge in [-0.2, -0.15) is 0 Å². The van der Waals surface area contributed by atoms with Crippen LogP contribution in [0.15, 0.2) is 72.8 Å². The fourth-order valence-corrected chi connectivity index (χ4v) is 4.06. The summed E-state index contributed by atoms with van der Waals surface area (Å²) in [7, 11) is 0. The maximum atomic E-state index is 13.1. The second kappa shape index (κ2) is 17.0. The number of ether oxygens (including phenoxy) is 3. The number of halogens is 1. The number of hydrogen-bond acceptors (Lipinski definition) is 5. The fourth-order valence-electron chi connectivity index (χ4n) is 4.06. The maximum Gasteiger partial charge on any atom is 0.333 e. The van der Waals surface area contributed by atoms with Crippen LogP contribution in [0.3, 0.4) is 0 Å². The van der Waals surface area contributed by atoms with E-state index >= 15 is 0 Å². The van der Waals surface area contributed by atoms with Crippen LogP contribution < -0.4 is 10.1 Å². The number of carboxylic acids is 1. The molecule has 0 saturated heterocycles. The number of aliphatic carboxylic acids is 1. The van der Waals surface area contributed by atoms with Crippen LogP contribution in [0, 0.1) is 12.7 Å². The molecule has 3 rings (SSSR count). The number of amides is 2.